The van der Waals surface area contributed by atoms with Crippen LogP contribution in [0, 0.1) is 0 Å². The number of aliphatic hydroxyl groups excluding tert-OH is 2. The predicted octanol–water partition coefficient (Wildman–Crippen LogP) is 1.72. The lowest BCUT2D eigenvalue weighted by Crippen LogP contribution is -2.54. The fraction of sp³-hybridized carbons (Fsp3) is 0.625. The van der Waals surface area contributed by atoms with Crippen molar-refractivity contribution in [1.82, 2.24) is 0 Å². The SMILES string of the molecule is COc1cccc(N2CC(CO)OC(C)(C)C2)c1C(C)O. The van der Waals surface area contributed by atoms with Crippen LogP contribution in [-0.2, 0) is 4.74 Å². The van der Waals surface area contributed by atoms with E-state index in [1.165, 1.54) is 0 Å². The summed E-state index contributed by atoms with van der Waals surface area (Å²) >= 11 is 0. The van der Waals surface area contributed by atoms with Crippen LogP contribution in [0.3, 0.4) is 0 Å². The van der Waals surface area contributed by atoms with Crippen molar-refractivity contribution in [3.05, 3.63) is 23.8 Å². The maximum atomic E-state index is 10.1. The third-order valence-corrected chi connectivity index (χ3v) is 3.71. The molecule has 1 aromatic rings. The second kappa shape index (κ2) is 6.22. The van der Waals surface area contributed by atoms with E-state index in [1.807, 2.05) is 32.0 Å². The Morgan fingerprint density at radius 1 is 1.48 bits per heavy atom. The zero-order chi connectivity index (χ0) is 15.6. The molecule has 2 rings (SSSR count). The zero-order valence-corrected chi connectivity index (χ0v) is 13.2. The van der Waals surface area contributed by atoms with E-state index in [0.29, 0.717) is 18.8 Å². The van der Waals surface area contributed by atoms with E-state index in [4.69, 9.17) is 9.47 Å². The Kier molecular flexibility index (Phi) is 4.76. The smallest absolute Gasteiger partial charge is 0.126 e. The summed E-state index contributed by atoms with van der Waals surface area (Å²) in [5.74, 6) is 0.673. The standard InChI is InChI=1S/C16H25NO4/c1-11(19)15-13(6-5-7-14(15)20-4)17-8-12(9-18)21-16(2,3)10-17/h5-7,11-12,18-19H,8-10H2,1-4H3. The summed E-state index contributed by atoms with van der Waals surface area (Å²) in [7, 11) is 1.60. The highest BCUT2D eigenvalue weighted by atomic mass is 16.5. The molecule has 1 aliphatic heterocycles. The van der Waals surface area contributed by atoms with Crippen molar-refractivity contribution in [1.29, 1.82) is 0 Å². The molecule has 0 bridgehead atoms. The summed E-state index contributed by atoms with van der Waals surface area (Å²) in [6, 6.07) is 5.73. The van der Waals surface area contributed by atoms with Gasteiger partial charge in [-0.25, -0.2) is 0 Å². The molecule has 1 aromatic carbocycles. The van der Waals surface area contributed by atoms with Gasteiger partial charge >= 0.3 is 0 Å². The second-order valence-electron chi connectivity index (χ2n) is 6.13. The minimum Gasteiger partial charge on any atom is -0.496 e. The van der Waals surface area contributed by atoms with E-state index in [0.717, 1.165) is 11.3 Å². The highest BCUT2D eigenvalue weighted by molar-refractivity contribution is 5.61. The fourth-order valence-electron chi connectivity index (χ4n) is 2.98. The summed E-state index contributed by atoms with van der Waals surface area (Å²) in [4.78, 5) is 2.15. The number of ether oxygens (including phenoxy) is 2. The number of rotatable bonds is 4. The number of aliphatic hydroxyl groups is 2. The van der Waals surface area contributed by atoms with Crippen molar-refractivity contribution < 1.29 is 19.7 Å². The Morgan fingerprint density at radius 2 is 2.19 bits per heavy atom. The molecule has 1 heterocycles. The van der Waals surface area contributed by atoms with E-state index in [2.05, 4.69) is 4.90 Å². The number of nitrogens with zero attached hydrogens (tertiary/aromatic N) is 1. The largest absolute Gasteiger partial charge is 0.496 e. The van der Waals surface area contributed by atoms with Gasteiger partial charge in [0, 0.05) is 24.3 Å². The van der Waals surface area contributed by atoms with Gasteiger partial charge in [-0.05, 0) is 32.9 Å². The van der Waals surface area contributed by atoms with Crippen molar-refractivity contribution in [2.75, 3.05) is 31.7 Å². The molecular formula is C16H25NO4. The van der Waals surface area contributed by atoms with Crippen LogP contribution in [-0.4, -0.2) is 48.7 Å². The van der Waals surface area contributed by atoms with Gasteiger partial charge in [0.1, 0.15) is 5.75 Å². The van der Waals surface area contributed by atoms with Crippen molar-refractivity contribution in [2.24, 2.45) is 0 Å². The molecule has 1 aliphatic rings. The first kappa shape index (κ1) is 16.1. The summed E-state index contributed by atoms with van der Waals surface area (Å²) in [6.07, 6.45) is -0.864. The van der Waals surface area contributed by atoms with Crippen molar-refractivity contribution in [3.63, 3.8) is 0 Å². The number of methoxy groups -OCH3 is 1. The molecule has 1 saturated heterocycles. The molecule has 5 nitrogen and oxygen atoms in total. The van der Waals surface area contributed by atoms with Crippen LogP contribution < -0.4 is 9.64 Å². The van der Waals surface area contributed by atoms with Crippen LogP contribution in [0.2, 0.25) is 0 Å². The summed E-state index contributed by atoms with van der Waals surface area (Å²) in [5, 5.41) is 19.6. The van der Waals surface area contributed by atoms with Crippen molar-refractivity contribution in [3.8, 4) is 5.75 Å². The lowest BCUT2D eigenvalue weighted by atomic mass is 10.0. The lowest BCUT2D eigenvalue weighted by molar-refractivity contribution is -0.101. The van der Waals surface area contributed by atoms with Crippen LogP contribution in [0.25, 0.3) is 0 Å². The molecule has 1 fully saturated rings. The Balaban J connectivity index is 2.40. The van der Waals surface area contributed by atoms with Gasteiger partial charge in [-0.2, -0.15) is 0 Å². The Bertz CT molecular complexity index is 487. The predicted molar refractivity (Wildman–Crippen MR) is 81.9 cm³/mol. The van der Waals surface area contributed by atoms with Crippen LogP contribution in [0.1, 0.15) is 32.4 Å². The summed E-state index contributed by atoms with van der Waals surface area (Å²) in [5.41, 5.74) is 1.35. The minimum atomic E-state index is -0.630. The van der Waals surface area contributed by atoms with E-state index in [-0.39, 0.29) is 18.3 Å². The first-order chi connectivity index (χ1) is 9.88. The Morgan fingerprint density at radius 3 is 2.76 bits per heavy atom. The molecule has 0 aliphatic carbocycles. The first-order valence-electron chi connectivity index (χ1n) is 7.26. The lowest BCUT2D eigenvalue weighted by Gasteiger charge is -2.44. The molecule has 0 radical (unpaired) electrons. The van der Waals surface area contributed by atoms with Gasteiger partial charge in [0.15, 0.2) is 0 Å². The number of morpholine rings is 1. The number of benzene rings is 1. The van der Waals surface area contributed by atoms with E-state index in [1.54, 1.807) is 14.0 Å². The van der Waals surface area contributed by atoms with Gasteiger partial charge in [-0.1, -0.05) is 6.07 Å². The molecule has 0 aromatic heterocycles. The van der Waals surface area contributed by atoms with Crippen LogP contribution in [0.4, 0.5) is 5.69 Å². The number of hydrogen-bond donors (Lipinski definition) is 2. The van der Waals surface area contributed by atoms with Gasteiger partial charge in [-0.3, -0.25) is 0 Å². The average Bonchev–Trinajstić information content (AvgIpc) is 2.44. The highest BCUT2D eigenvalue weighted by Crippen LogP contribution is 2.37. The monoisotopic (exact) mass is 295 g/mol. The first-order valence-corrected chi connectivity index (χ1v) is 7.26. The van der Waals surface area contributed by atoms with Gasteiger partial charge in [0.2, 0.25) is 0 Å². The molecule has 118 valence electrons. The average molecular weight is 295 g/mol. The van der Waals surface area contributed by atoms with Gasteiger partial charge in [0.05, 0.1) is 31.5 Å². The molecule has 2 N–H and O–H groups in total. The molecule has 0 amide bonds. The van der Waals surface area contributed by atoms with Crippen LogP contribution >= 0.6 is 0 Å². The highest BCUT2D eigenvalue weighted by Gasteiger charge is 2.34. The van der Waals surface area contributed by atoms with E-state index < -0.39 is 6.10 Å². The zero-order valence-electron chi connectivity index (χ0n) is 13.2. The Hall–Kier alpha value is -1.30. The summed E-state index contributed by atoms with van der Waals surface area (Å²) in [6.45, 7) is 7.00. The number of anilines is 1. The maximum absolute atomic E-state index is 10.1. The fourth-order valence-corrected chi connectivity index (χ4v) is 2.98. The van der Waals surface area contributed by atoms with Gasteiger partial charge in [0.25, 0.3) is 0 Å². The molecule has 0 saturated carbocycles. The maximum Gasteiger partial charge on any atom is 0.126 e. The van der Waals surface area contributed by atoms with Crippen molar-refractivity contribution >= 4 is 5.69 Å². The van der Waals surface area contributed by atoms with Crippen LogP contribution in [0.15, 0.2) is 18.2 Å². The summed E-state index contributed by atoms with van der Waals surface area (Å²) < 4.78 is 11.2. The second-order valence-corrected chi connectivity index (χ2v) is 6.13. The molecule has 21 heavy (non-hydrogen) atoms. The van der Waals surface area contributed by atoms with Gasteiger partial charge in [-0.15, -0.1) is 0 Å². The molecule has 2 atom stereocenters. The van der Waals surface area contributed by atoms with E-state index in [9.17, 15) is 10.2 Å². The van der Waals surface area contributed by atoms with Gasteiger partial charge < -0.3 is 24.6 Å². The third-order valence-electron chi connectivity index (χ3n) is 3.71. The van der Waals surface area contributed by atoms with Crippen molar-refractivity contribution in [2.45, 2.75) is 38.6 Å². The normalized spacial score (nSPS) is 23.0. The molecule has 5 heteroatoms. The molecular weight excluding hydrogens is 270 g/mol. The molecule has 2 unspecified atom stereocenters. The number of hydrogen-bond acceptors (Lipinski definition) is 5. The minimum absolute atomic E-state index is 0.0199. The van der Waals surface area contributed by atoms with Crippen LogP contribution in [0.5, 0.6) is 5.75 Å². The van der Waals surface area contributed by atoms with E-state index >= 15 is 0 Å². The quantitative estimate of drug-likeness (QED) is 0.885. The molecule has 0 spiro atoms. The third kappa shape index (κ3) is 3.48. The topological polar surface area (TPSA) is 62.2 Å². The Labute approximate surface area is 126 Å².